The van der Waals surface area contributed by atoms with Crippen molar-refractivity contribution in [2.24, 2.45) is 0 Å². The molecule has 2 N–H and O–H groups in total. The van der Waals surface area contributed by atoms with Crippen molar-refractivity contribution in [2.75, 3.05) is 26.3 Å². The molecule has 1 aliphatic rings. The van der Waals surface area contributed by atoms with Gasteiger partial charge in [0.25, 0.3) is 0 Å². The largest absolute Gasteiger partial charge is 0.491 e. The zero-order chi connectivity index (χ0) is 13.1. The van der Waals surface area contributed by atoms with E-state index in [1.807, 2.05) is 11.8 Å². The molecule has 0 fully saturated rings. The highest BCUT2D eigenvalue weighted by Gasteiger charge is 2.33. The van der Waals surface area contributed by atoms with Crippen molar-refractivity contribution < 1.29 is 14.9 Å². The normalized spacial score (nSPS) is 22.7. The molecule has 0 amide bonds. The number of benzene rings is 1. The van der Waals surface area contributed by atoms with Crippen LogP contribution in [0.4, 0.5) is 0 Å². The lowest BCUT2D eigenvalue weighted by Gasteiger charge is -2.37. The van der Waals surface area contributed by atoms with Gasteiger partial charge in [-0.2, -0.15) is 0 Å². The summed E-state index contributed by atoms with van der Waals surface area (Å²) in [5.74, 6) is 0.684. The molecule has 0 bridgehead atoms. The molecule has 18 heavy (non-hydrogen) atoms. The average molecular weight is 272 g/mol. The van der Waals surface area contributed by atoms with Crippen LogP contribution in [0.2, 0.25) is 5.02 Å². The van der Waals surface area contributed by atoms with Crippen LogP contribution < -0.4 is 4.74 Å². The molecule has 0 aromatic heterocycles. The minimum absolute atomic E-state index is 0.0689. The molecule has 4 nitrogen and oxygen atoms in total. The second-order valence-corrected chi connectivity index (χ2v) is 4.79. The predicted octanol–water partition coefficient (Wildman–Crippen LogP) is 1.45. The Morgan fingerprint density at radius 3 is 2.94 bits per heavy atom. The molecule has 1 aliphatic heterocycles. The van der Waals surface area contributed by atoms with Gasteiger partial charge in [0, 0.05) is 17.1 Å². The Hall–Kier alpha value is -0.810. The molecule has 2 unspecified atom stereocenters. The van der Waals surface area contributed by atoms with E-state index in [1.54, 1.807) is 18.2 Å². The number of hydrogen-bond donors (Lipinski definition) is 2. The third-order valence-electron chi connectivity index (χ3n) is 3.33. The van der Waals surface area contributed by atoms with E-state index in [1.165, 1.54) is 0 Å². The highest BCUT2D eigenvalue weighted by molar-refractivity contribution is 6.30. The van der Waals surface area contributed by atoms with Gasteiger partial charge in [0.15, 0.2) is 0 Å². The molecule has 0 radical (unpaired) electrons. The molecular weight excluding hydrogens is 254 g/mol. The van der Waals surface area contributed by atoms with Gasteiger partial charge in [0.05, 0.1) is 12.6 Å². The summed E-state index contributed by atoms with van der Waals surface area (Å²) in [4.78, 5) is 2.01. The SMILES string of the molecule is CCN(CCO)C1COc2ccc(Cl)cc2C1O. The Bertz CT molecular complexity index is 413. The summed E-state index contributed by atoms with van der Waals surface area (Å²) in [6, 6.07) is 5.12. The molecule has 0 aliphatic carbocycles. The van der Waals surface area contributed by atoms with E-state index >= 15 is 0 Å². The van der Waals surface area contributed by atoms with Crippen LogP contribution in [0.5, 0.6) is 5.75 Å². The third kappa shape index (κ3) is 2.62. The van der Waals surface area contributed by atoms with Gasteiger partial charge >= 0.3 is 0 Å². The Balaban J connectivity index is 2.23. The lowest BCUT2D eigenvalue weighted by Crippen LogP contribution is -2.47. The van der Waals surface area contributed by atoms with Gasteiger partial charge in [-0.3, -0.25) is 4.90 Å². The maximum absolute atomic E-state index is 10.4. The summed E-state index contributed by atoms with van der Waals surface area (Å²) in [6.45, 7) is 3.76. The van der Waals surface area contributed by atoms with Gasteiger partial charge in [0.2, 0.25) is 0 Å². The van der Waals surface area contributed by atoms with Gasteiger partial charge in [-0.15, -0.1) is 0 Å². The average Bonchev–Trinajstić information content (AvgIpc) is 2.38. The number of rotatable bonds is 4. The van der Waals surface area contributed by atoms with Crippen molar-refractivity contribution in [3.05, 3.63) is 28.8 Å². The molecule has 1 aromatic rings. The Labute approximate surface area is 112 Å². The first-order valence-electron chi connectivity index (χ1n) is 6.12. The molecule has 0 spiro atoms. The van der Waals surface area contributed by atoms with Crippen molar-refractivity contribution in [3.8, 4) is 5.75 Å². The monoisotopic (exact) mass is 271 g/mol. The topological polar surface area (TPSA) is 52.9 Å². The van der Waals surface area contributed by atoms with Gasteiger partial charge in [-0.25, -0.2) is 0 Å². The summed E-state index contributed by atoms with van der Waals surface area (Å²) < 4.78 is 5.65. The summed E-state index contributed by atoms with van der Waals surface area (Å²) in [6.07, 6.45) is -0.640. The van der Waals surface area contributed by atoms with Gasteiger partial charge in [-0.05, 0) is 24.7 Å². The molecule has 2 rings (SSSR count). The van der Waals surface area contributed by atoms with Crippen LogP contribution in [-0.4, -0.2) is 47.5 Å². The molecule has 0 saturated carbocycles. The first-order valence-corrected chi connectivity index (χ1v) is 6.50. The highest BCUT2D eigenvalue weighted by Crippen LogP contribution is 2.35. The van der Waals surface area contributed by atoms with Gasteiger partial charge in [0.1, 0.15) is 18.5 Å². The Kier molecular flexibility index (Phi) is 4.45. The Morgan fingerprint density at radius 2 is 2.28 bits per heavy atom. The van der Waals surface area contributed by atoms with Crippen LogP contribution in [0.15, 0.2) is 18.2 Å². The predicted molar refractivity (Wildman–Crippen MR) is 70.0 cm³/mol. The second-order valence-electron chi connectivity index (χ2n) is 4.36. The van der Waals surface area contributed by atoms with E-state index in [2.05, 4.69) is 0 Å². The smallest absolute Gasteiger partial charge is 0.125 e. The van der Waals surface area contributed by atoms with Gasteiger partial charge < -0.3 is 14.9 Å². The molecular formula is C13H18ClNO3. The van der Waals surface area contributed by atoms with Gasteiger partial charge in [-0.1, -0.05) is 18.5 Å². The maximum atomic E-state index is 10.4. The van der Waals surface area contributed by atoms with E-state index in [0.717, 1.165) is 12.1 Å². The number of fused-ring (bicyclic) bond motifs is 1. The summed E-state index contributed by atoms with van der Waals surface area (Å²) >= 11 is 5.94. The van der Waals surface area contributed by atoms with E-state index in [-0.39, 0.29) is 12.6 Å². The maximum Gasteiger partial charge on any atom is 0.125 e. The first-order chi connectivity index (χ1) is 8.67. The van der Waals surface area contributed by atoms with Crippen molar-refractivity contribution in [1.29, 1.82) is 0 Å². The number of aliphatic hydroxyl groups is 2. The number of hydrogen-bond acceptors (Lipinski definition) is 4. The number of likely N-dealkylation sites (N-methyl/N-ethyl adjacent to an activating group) is 1. The Morgan fingerprint density at radius 1 is 1.50 bits per heavy atom. The molecule has 5 heteroatoms. The highest BCUT2D eigenvalue weighted by atomic mass is 35.5. The quantitative estimate of drug-likeness (QED) is 0.870. The summed E-state index contributed by atoms with van der Waals surface area (Å²) in [5.41, 5.74) is 0.718. The lowest BCUT2D eigenvalue weighted by molar-refractivity contribution is -0.000345. The van der Waals surface area contributed by atoms with E-state index in [9.17, 15) is 5.11 Å². The fraction of sp³-hybridized carbons (Fsp3) is 0.538. The molecule has 100 valence electrons. The number of nitrogens with zero attached hydrogens (tertiary/aromatic N) is 1. The molecule has 2 atom stereocenters. The van der Waals surface area contributed by atoms with Crippen molar-refractivity contribution >= 4 is 11.6 Å². The van der Waals surface area contributed by atoms with Crippen LogP contribution >= 0.6 is 11.6 Å². The number of aliphatic hydroxyl groups excluding tert-OH is 2. The number of ether oxygens (including phenoxy) is 1. The van der Waals surface area contributed by atoms with Crippen molar-refractivity contribution in [1.82, 2.24) is 4.90 Å². The van der Waals surface area contributed by atoms with Crippen molar-refractivity contribution in [2.45, 2.75) is 19.1 Å². The van der Waals surface area contributed by atoms with Crippen molar-refractivity contribution in [3.63, 3.8) is 0 Å². The number of halogens is 1. The van der Waals surface area contributed by atoms with E-state index in [0.29, 0.717) is 23.9 Å². The lowest BCUT2D eigenvalue weighted by atomic mass is 9.98. The zero-order valence-electron chi connectivity index (χ0n) is 10.3. The fourth-order valence-electron chi connectivity index (χ4n) is 2.35. The van der Waals surface area contributed by atoms with Crippen LogP contribution in [0.25, 0.3) is 0 Å². The molecule has 1 heterocycles. The third-order valence-corrected chi connectivity index (χ3v) is 3.56. The van der Waals surface area contributed by atoms with Crippen LogP contribution in [0, 0.1) is 0 Å². The van der Waals surface area contributed by atoms with E-state index < -0.39 is 6.10 Å². The molecule has 1 aromatic carbocycles. The summed E-state index contributed by atoms with van der Waals surface area (Å²) in [5, 5.41) is 20.0. The zero-order valence-corrected chi connectivity index (χ0v) is 11.1. The minimum Gasteiger partial charge on any atom is -0.491 e. The summed E-state index contributed by atoms with van der Waals surface area (Å²) in [7, 11) is 0. The van der Waals surface area contributed by atoms with Crippen LogP contribution in [0.3, 0.4) is 0 Å². The first kappa shape index (κ1) is 13.6. The minimum atomic E-state index is -0.640. The second kappa shape index (κ2) is 5.89. The van der Waals surface area contributed by atoms with E-state index in [4.69, 9.17) is 21.4 Å². The fourth-order valence-corrected chi connectivity index (χ4v) is 2.53. The van der Waals surface area contributed by atoms with Crippen LogP contribution in [0.1, 0.15) is 18.6 Å². The molecule has 0 saturated heterocycles. The standard InChI is InChI=1S/C13H18ClNO3/c1-2-15(5-6-16)11-8-18-12-4-3-9(14)7-10(12)13(11)17/h3-4,7,11,13,16-17H,2,5-6,8H2,1H3. The van der Waals surface area contributed by atoms with Crippen LogP contribution in [-0.2, 0) is 0 Å².